The van der Waals surface area contributed by atoms with Gasteiger partial charge in [0.2, 0.25) is 0 Å². The second-order valence-electron chi connectivity index (χ2n) is 2.93. The Bertz CT molecular complexity index is 258. The predicted molar refractivity (Wildman–Crippen MR) is 53.2 cm³/mol. The maximum Gasteiger partial charge on any atom is 0.124 e. The lowest BCUT2D eigenvalue weighted by Crippen LogP contribution is -1.86. The predicted octanol–water partition coefficient (Wildman–Crippen LogP) is 2.74. The quantitative estimate of drug-likeness (QED) is 0.766. The molecule has 2 rings (SSSR count). The first-order valence-corrected chi connectivity index (χ1v) is 5.73. The van der Waals surface area contributed by atoms with E-state index in [1.807, 2.05) is 6.20 Å². The largest absolute Gasteiger partial charge is 0.245 e. The lowest BCUT2D eigenvalue weighted by molar-refractivity contribution is 0.982. The van der Waals surface area contributed by atoms with Gasteiger partial charge in [0.15, 0.2) is 0 Å². The van der Waals surface area contributed by atoms with Crippen molar-refractivity contribution in [1.29, 1.82) is 0 Å². The fraction of sp³-hybridized carbons (Fsp3) is 0.500. The minimum absolute atomic E-state index is 0.804. The van der Waals surface area contributed by atoms with E-state index in [2.05, 4.69) is 25.9 Å². The summed E-state index contributed by atoms with van der Waals surface area (Å²) in [6.07, 6.45) is 6.36. The number of hydrogen-bond donors (Lipinski definition) is 0. The molecule has 1 aliphatic carbocycles. The van der Waals surface area contributed by atoms with Gasteiger partial charge in [0.05, 0.1) is 12.4 Å². The Balaban J connectivity index is 1.89. The van der Waals surface area contributed by atoms with Crippen LogP contribution in [0.15, 0.2) is 22.0 Å². The van der Waals surface area contributed by atoms with E-state index in [1.54, 1.807) is 18.0 Å². The average molecular weight is 245 g/mol. The van der Waals surface area contributed by atoms with Crippen LogP contribution in [0.25, 0.3) is 0 Å². The Kier molecular flexibility index (Phi) is 2.66. The number of hydrogen-bond acceptors (Lipinski definition) is 3. The molecule has 4 heteroatoms. The number of thioether (sulfide) groups is 1. The summed E-state index contributed by atoms with van der Waals surface area (Å²) in [5.74, 6) is 2.15. The van der Waals surface area contributed by atoms with Crippen LogP contribution in [0, 0.1) is 5.92 Å². The van der Waals surface area contributed by atoms with E-state index < -0.39 is 0 Å². The molecule has 1 aromatic heterocycles. The smallest absolute Gasteiger partial charge is 0.124 e. The molecule has 1 aromatic rings. The van der Waals surface area contributed by atoms with Crippen molar-refractivity contribution >= 4 is 27.7 Å². The van der Waals surface area contributed by atoms with Gasteiger partial charge in [0.1, 0.15) is 9.63 Å². The van der Waals surface area contributed by atoms with Gasteiger partial charge < -0.3 is 0 Å². The highest BCUT2D eigenvalue weighted by atomic mass is 79.9. The SMILES string of the molecule is Brc1cnc(SCC2CC2)cn1. The zero-order valence-electron chi connectivity index (χ0n) is 6.53. The van der Waals surface area contributed by atoms with Gasteiger partial charge in [-0.2, -0.15) is 0 Å². The third-order valence-corrected chi connectivity index (χ3v) is 3.31. The second-order valence-corrected chi connectivity index (χ2v) is 4.78. The summed E-state index contributed by atoms with van der Waals surface area (Å²) in [5.41, 5.74) is 0. The van der Waals surface area contributed by atoms with Crippen molar-refractivity contribution in [1.82, 2.24) is 9.97 Å². The molecule has 64 valence electrons. The van der Waals surface area contributed by atoms with Crippen LogP contribution in [0.1, 0.15) is 12.8 Å². The molecule has 12 heavy (non-hydrogen) atoms. The molecule has 0 N–H and O–H groups in total. The van der Waals surface area contributed by atoms with Crippen molar-refractivity contribution in [3.8, 4) is 0 Å². The molecule has 1 heterocycles. The van der Waals surface area contributed by atoms with Crippen LogP contribution in [0.4, 0.5) is 0 Å². The third kappa shape index (κ3) is 2.45. The molecule has 2 nitrogen and oxygen atoms in total. The van der Waals surface area contributed by atoms with Crippen molar-refractivity contribution in [2.24, 2.45) is 5.92 Å². The van der Waals surface area contributed by atoms with Crippen molar-refractivity contribution < 1.29 is 0 Å². The van der Waals surface area contributed by atoms with E-state index in [0.717, 1.165) is 15.5 Å². The minimum Gasteiger partial charge on any atom is -0.245 e. The van der Waals surface area contributed by atoms with Crippen molar-refractivity contribution in [3.05, 3.63) is 17.0 Å². The Morgan fingerprint density at radius 2 is 2.25 bits per heavy atom. The Hall–Kier alpha value is -0.0900. The maximum atomic E-state index is 4.23. The highest BCUT2D eigenvalue weighted by Gasteiger charge is 2.21. The van der Waals surface area contributed by atoms with Crippen LogP contribution >= 0.6 is 27.7 Å². The first-order valence-electron chi connectivity index (χ1n) is 3.95. The molecule has 0 unspecified atom stereocenters. The molecule has 0 spiro atoms. The van der Waals surface area contributed by atoms with Gasteiger partial charge in [-0.3, -0.25) is 0 Å². The monoisotopic (exact) mass is 244 g/mol. The van der Waals surface area contributed by atoms with E-state index in [1.165, 1.54) is 18.6 Å². The molecule has 1 aliphatic rings. The summed E-state index contributed by atoms with van der Waals surface area (Å²) in [4.78, 5) is 8.34. The molecule has 0 amide bonds. The molecule has 0 aliphatic heterocycles. The van der Waals surface area contributed by atoms with E-state index >= 15 is 0 Å². The first-order chi connectivity index (χ1) is 5.84. The van der Waals surface area contributed by atoms with E-state index in [-0.39, 0.29) is 0 Å². The van der Waals surface area contributed by atoms with Crippen LogP contribution in [0.2, 0.25) is 0 Å². The van der Waals surface area contributed by atoms with Crippen molar-refractivity contribution in [2.45, 2.75) is 17.9 Å². The topological polar surface area (TPSA) is 25.8 Å². The third-order valence-electron chi connectivity index (χ3n) is 1.76. The fourth-order valence-corrected chi connectivity index (χ4v) is 2.06. The van der Waals surface area contributed by atoms with Crippen LogP contribution in [0.3, 0.4) is 0 Å². The molecule has 0 saturated heterocycles. The normalized spacial score (nSPS) is 16.4. The maximum absolute atomic E-state index is 4.23. The van der Waals surface area contributed by atoms with Gasteiger partial charge in [0.25, 0.3) is 0 Å². The van der Waals surface area contributed by atoms with Gasteiger partial charge in [0, 0.05) is 5.75 Å². The molecule has 1 fully saturated rings. The summed E-state index contributed by atoms with van der Waals surface area (Å²) >= 11 is 5.06. The number of aromatic nitrogens is 2. The molecule has 0 aromatic carbocycles. The van der Waals surface area contributed by atoms with E-state index in [9.17, 15) is 0 Å². The number of rotatable bonds is 3. The number of nitrogens with zero attached hydrogens (tertiary/aromatic N) is 2. The Morgan fingerprint density at radius 1 is 1.42 bits per heavy atom. The standard InChI is InChI=1S/C8H9BrN2S/c9-7-3-11-8(4-10-7)12-5-6-1-2-6/h3-4,6H,1-2,5H2. The first kappa shape index (κ1) is 8.51. The molecular formula is C8H9BrN2S. The van der Waals surface area contributed by atoms with E-state index in [4.69, 9.17) is 0 Å². The van der Waals surface area contributed by atoms with Crippen LogP contribution in [-0.2, 0) is 0 Å². The average Bonchev–Trinajstić information content (AvgIpc) is 2.87. The highest BCUT2D eigenvalue weighted by Crippen LogP contribution is 2.34. The molecule has 0 radical (unpaired) electrons. The molecule has 0 bridgehead atoms. The zero-order valence-corrected chi connectivity index (χ0v) is 8.94. The minimum atomic E-state index is 0.804. The summed E-state index contributed by atoms with van der Waals surface area (Å²) in [5, 5.41) is 1.03. The molecule has 0 atom stereocenters. The fourth-order valence-electron chi connectivity index (χ4n) is 0.863. The molecule has 1 saturated carbocycles. The van der Waals surface area contributed by atoms with Gasteiger partial charge >= 0.3 is 0 Å². The van der Waals surface area contributed by atoms with Crippen LogP contribution in [0.5, 0.6) is 0 Å². The zero-order chi connectivity index (χ0) is 8.39. The summed E-state index contributed by atoms with van der Waals surface area (Å²) in [7, 11) is 0. The summed E-state index contributed by atoms with van der Waals surface area (Å²) in [6.45, 7) is 0. The van der Waals surface area contributed by atoms with Crippen LogP contribution < -0.4 is 0 Å². The van der Waals surface area contributed by atoms with Crippen molar-refractivity contribution in [2.75, 3.05) is 5.75 Å². The van der Waals surface area contributed by atoms with E-state index in [0.29, 0.717) is 0 Å². The van der Waals surface area contributed by atoms with Gasteiger partial charge in [-0.05, 0) is 34.7 Å². The van der Waals surface area contributed by atoms with Gasteiger partial charge in [-0.25, -0.2) is 9.97 Å². The number of halogens is 1. The summed E-state index contributed by atoms with van der Waals surface area (Å²) < 4.78 is 0.804. The lowest BCUT2D eigenvalue weighted by atomic mass is 10.5. The van der Waals surface area contributed by atoms with Gasteiger partial charge in [-0.1, -0.05) is 0 Å². The summed E-state index contributed by atoms with van der Waals surface area (Å²) in [6, 6.07) is 0. The van der Waals surface area contributed by atoms with Crippen molar-refractivity contribution in [3.63, 3.8) is 0 Å². The lowest BCUT2D eigenvalue weighted by Gasteiger charge is -1.97. The Morgan fingerprint density at radius 3 is 2.83 bits per heavy atom. The second kappa shape index (κ2) is 3.75. The van der Waals surface area contributed by atoms with Gasteiger partial charge in [-0.15, -0.1) is 11.8 Å². The van der Waals surface area contributed by atoms with Crippen LogP contribution in [-0.4, -0.2) is 15.7 Å². The Labute approximate surface area is 84.3 Å². The molecular weight excluding hydrogens is 236 g/mol. The highest BCUT2D eigenvalue weighted by molar-refractivity contribution is 9.10.